The number of sulfonamides is 1. The van der Waals surface area contributed by atoms with Crippen LogP contribution in [-0.4, -0.2) is 30.1 Å². The molecule has 2 aromatic rings. The van der Waals surface area contributed by atoms with Gasteiger partial charge in [-0.05, 0) is 30.3 Å². The number of H-pyrrole nitrogens is 1. The van der Waals surface area contributed by atoms with Gasteiger partial charge >= 0.3 is 0 Å². The van der Waals surface area contributed by atoms with Crippen LogP contribution in [0.25, 0.3) is 0 Å². The van der Waals surface area contributed by atoms with Crippen LogP contribution in [0.3, 0.4) is 0 Å². The topological polar surface area (TPSA) is 101 Å². The molecule has 0 atom stereocenters. The molecule has 108 valence electrons. The fraction of sp³-hybridized carbons (Fsp3) is 0.250. The fourth-order valence-corrected chi connectivity index (χ4v) is 3.77. The summed E-state index contributed by atoms with van der Waals surface area (Å²) in [6.07, 6.45) is 1.58. The highest BCUT2D eigenvalue weighted by atomic mass is 32.2. The summed E-state index contributed by atoms with van der Waals surface area (Å²) in [5.74, 6) is 0.554. The highest BCUT2D eigenvalue weighted by Gasteiger charge is 2.10. The number of aromatic nitrogens is 2. The number of rotatable bonds is 7. The standard InChI is InChI=1S/C12H16N4O2S2/c13-10-1-3-12(4-2-10)19-7-8-20(17,18)15-9-11-5-6-14-16-11/h1-6,15H,7-9,13H2,(H,14,16). The minimum atomic E-state index is -3.28. The van der Waals surface area contributed by atoms with Gasteiger partial charge in [-0.2, -0.15) is 5.10 Å². The molecule has 0 bridgehead atoms. The maximum Gasteiger partial charge on any atom is 0.212 e. The van der Waals surface area contributed by atoms with Crippen LogP contribution in [0.15, 0.2) is 41.4 Å². The van der Waals surface area contributed by atoms with Gasteiger partial charge < -0.3 is 5.73 Å². The van der Waals surface area contributed by atoms with E-state index in [4.69, 9.17) is 5.73 Å². The fourth-order valence-electron chi connectivity index (χ4n) is 1.48. The first-order valence-electron chi connectivity index (χ1n) is 5.99. The third kappa shape index (κ3) is 4.87. The Bertz CT molecular complexity index is 624. The summed E-state index contributed by atoms with van der Waals surface area (Å²) in [6, 6.07) is 9.08. The van der Waals surface area contributed by atoms with Crippen molar-refractivity contribution in [3.8, 4) is 0 Å². The van der Waals surface area contributed by atoms with E-state index in [9.17, 15) is 8.42 Å². The molecule has 0 amide bonds. The zero-order valence-corrected chi connectivity index (χ0v) is 12.4. The molecule has 1 aromatic carbocycles. The van der Waals surface area contributed by atoms with Gasteiger partial charge in [-0.1, -0.05) is 0 Å². The van der Waals surface area contributed by atoms with E-state index in [0.29, 0.717) is 11.4 Å². The van der Waals surface area contributed by atoms with Crippen LogP contribution >= 0.6 is 11.8 Å². The van der Waals surface area contributed by atoms with E-state index in [1.807, 2.05) is 12.1 Å². The Hall–Kier alpha value is -1.51. The van der Waals surface area contributed by atoms with E-state index in [2.05, 4.69) is 14.9 Å². The minimum absolute atomic E-state index is 0.0657. The van der Waals surface area contributed by atoms with Crippen LogP contribution in [0.2, 0.25) is 0 Å². The van der Waals surface area contributed by atoms with Gasteiger partial charge in [0, 0.05) is 22.5 Å². The van der Waals surface area contributed by atoms with Crippen molar-refractivity contribution in [2.45, 2.75) is 11.4 Å². The van der Waals surface area contributed by atoms with Gasteiger partial charge in [-0.25, -0.2) is 13.1 Å². The Balaban J connectivity index is 1.76. The third-order valence-corrected chi connectivity index (χ3v) is 5.14. The van der Waals surface area contributed by atoms with Crippen molar-refractivity contribution in [2.24, 2.45) is 0 Å². The van der Waals surface area contributed by atoms with Gasteiger partial charge in [0.1, 0.15) is 0 Å². The van der Waals surface area contributed by atoms with Crippen LogP contribution in [0, 0.1) is 0 Å². The largest absolute Gasteiger partial charge is 0.399 e. The highest BCUT2D eigenvalue weighted by molar-refractivity contribution is 8.00. The van der Waals surface area contributed by atoms with Gasteiger partial charge in [0.05, 0.1) is 18.0 Å². The van der Waals surface area contributed by atoms with E-state index in [0.717, 1.165) is 10.6 Å². The van der Waals surface area contributed by atoms with Crippen molar-refractivity contribution in [2.75, 3.05) is 17.2 Å². The zero-order chi connectivity index (χ0) is 14.4. The third-order valence-electron chi connectivity index (χ3n) is 2.54. The lowest BCUT2D eigenvalue weighted by Gasteiger charge is -2.05. The Labute approximate surface area is 122 Å². The summed E-state index contributed by atoms with van der Waals surface area (Å²) < 4.78 is 26.1. The van der Waals surface area contributed by atoms with Gasteiger partial charge in [0.25, 0.3) is 0 Å². The van der Waals surface area contributed by atoms with Crippen molar-refractivity contribution in [1.29, 1.82) is 0 Å². The maximum absolute atomic E-state index is 11.8. The monoisotopic (exact) mass is 312 g/mol. The molecule has 20 heavy (non-hydrogen) atoms. The quantitative estimate of drug-likeness (QED) is 0.527. The molecule has 0 aliphatic rings. The molecular formula is C12H16N4O2S2. The minimum Gasteiger partial charge on any atom is -0.399 e. The van der Waals surface area contributed by atoms with Crippen molar-refractivity contribution in [3.05, 3.63) is 42.2 Å². The first-order chi connectivity index (χ1) is 9.55. The number of nitrogens with zero attached hydrogens (tertiary/aromatic N) is 1. The smallest absolute Gasteiger partial charge is 0.212 e. The predicted molar refractivity (Wildman–Crippen MR) is 80.8 cm³/mol. The van der Waals surface area contributed by atoms with Crippen LogP contribution in [-0.2, 0) is 16.6 Å². The van der Waals surface area contributed by atoms with Crippen LogP contribution in [0.5, 0.6) is 0 Å². The lowest BCUT2D eigenvalue weighted by Crippen LogP contribution is -2.27. The average molecular weight is 312 g/mol. The number of thioether (sulfide) groups is 1. The number of nitrogens with two attached hydrogens (primary N) is 1. The van der Waals surface area contributed by atoms with Gasteiger partial charge in [-0.3, -0.25) is 5.10 Å². The van der Waals surface area contributed by atoms with Gasteiger partial charge in [-0.15, -0.1) is 11.8 Å². The Morgan fingerprint density at radius 1 is 1.25 bits per heavy atom. The summed E-state index contributed by atoms with van der Waals surface area (Å²) in [6.45, 7) is 0.231. The van der Waals surface area contributed by atoms with Gasteiger partial charge in [0.2, 0.25) is 10.0 Å². The summed E-state index contributed by atoms with van der Waals surface area (Å²) >= 11 is 1.48. The second-order valence-electron chi connectivity index (χ2n) is 4.14. The van der Waals surface area contributed by atoms with E-state index < -0.39 is 10.0 Å². The lowest BCUT2D eigenvalue weighted by molar-refractivity contribution is 0.582. The molecule has 0 aliphatic carbocycles. The first kappa shape index (κ1) is 14.9. The predicted octanol–water partition coefficient (Wildman–Crippen LogP) is 1.20. The molecule has 0 saturated carbocycles. The van der Waals surface area contributed by atoms with Crippen molar-refractivity contribution >= 4 is 27.5 Å². The summed E-state index contributed by atoms with van der Waals surface area (Å²) in [7, 11) is -3.28. The molecule has 0 unspecified atom stereocenters. The average Bonchev–Trinajstić information content (AvgIpc) is 2.92. The number of nitrogens with one attached hydrogen (secondary N) is 2. The molecule has 1 heterocycles. The van der Waals surface area contributed by atoms with Crippen molar-refractivity contribution < 1.29 is 8.42 Å². The molecular weight excluding hydrogens is 296 g/mol. The molecule has 0 fully saturated rings. The van der Waals surface area contributed by atoms with Crippen molar-refractivity contribution in [3.63, 3.8) is 0 Å². The number of hydrogen-bond donors (Lipinski definition) is 3. The van der Waals surface area contributed by atoms with Gasteiger partial charge in [0.15, 0.2) is 0 Å². The molecule has 6 nitrogen and oxygen atoms in total. The lowest BCUT2D eigenvalue weighted by atomic mass is 10.3. The highest BCUT2D eigenvalue weighted by Crippen LogP contribution is 2.19. The summed E-state index contributed by atoms with van der Waals surface area (Å²) in [5, 5.41) is 6.46. The second kappa shape index (κ2) is 6.78. The molecule has 1 aromatic heterocycles. The number of benzene rings is 1. The van der Waals surface area contributed by atoms with E-state index in [-0.39, 0.29) is 12.3 Å². The molecule has 0 aliphatic heterocycles. The first-order valence-corrected chi connectivity index (χ1v) is 8.63. The number of nitrogen functional groups attached to an aromatic ring is 1. The van der Waals surface area contributed by atoms with Crippen LogP contribution < -0.4 is 10.5 Å². The number of anilines is 1. The second-order valence-corrected chi connectivity index (χ2v) is 7.23. The molecule has 8 heteroatoms. The molecule has 2 rings (SSSR count). The SMILES string of the molecule is Nc1ccc(SCCS(=O)(=O)NCc2ccn[nH]2)cc1. The van der Waals surface area contributed by atoms with E-state index >= 15 is 0 Å². The van der Waals surface area contributed by atoms with Crippen molar-refractivity contribution in [1.82, 2.24) is 14.9 Å². The normalized spacial score (nSPS) is 11.6. The zero-order valence-electron chi connectivity index (χ0n) is 10.7. The van der Waals surface area contributed by atoms with E-state index in [1.165, 1.54) is 11.8 Å². The Morgan fingerprint density at radius 2 is 2.00 bits per heavy atom. The Morgan fingerprint density at radius 3 is 2.65 bits per heavy atom. The van der Waals surface area contributed by atoms with E-state index in [1.54, 1.807) is 24.4 Å². The number of hydrogen-bond acceptors (Lipinski definition) is 5. The Kier molecular flexibility index (Phi) is 5.05. The molecule has 0 saturated heterocycles. The van der Waals surface area contributed by atoms with Crippen LogP contribution in [0.4, 0.5) is 5.69 Å². The van der Waals surface area contributed by atoms with Crippen LogP contribution in [0.1, 0.15) is 5.69 Å². The molecule has 0 radical (unpaired) electrons. The molecule has 0 spiro atoms. The summed E-state index contributed by atoms with van der Waals surface area (Å²) in [5.41, 5.74) is 7.02. The number of aromatic amines is 1. The maximum atomic E-state index is 11.8. The molecule has 4 N–H and O–H groups in total. The summed E-state index contributed by atoms with van der Waals surface area (Å²) in [4.78, 5) is 1.00.